The van der Waals surface area contributed by atoms with E-state index in [0.717, 1.165) is 12.3 Å². The lowest BCUT2D eigenvalue weighted by Gasteiger charge is -2.21. The Balaban J connectivity index is 3.01. The van der Waals surface area contributed by atoms with E-state index in [1.54, 1.807) is 0 Å². The van der Waals surface area contributed by atoms with Crippen LogP contribution in [0.3, 0.4) is 0 Å². The zero-order chi connectivity index (χ0) is 11.7. The maximum absolute atomic E-state index is 12.2. The van der Waals surface area contributed by atoms with Crippen molar-refractivity contribution in [1.29, 1.82) is 0 Å². The molecule has 0 aliphatic rings. The monoisotopic (exact) mass is 218 g/mol. The van der Waals surface area contributed by atoms with Gasteiger partial charge in [0.1, 0.15) is 0 Å². The normalized spacial score (nSPS) is 12.9. The quantitative estimate of drug-likeness (QED) is 0.827. The molecule has 0 spiro atoms. The van der Waals surface area contributed by atoms with E-state index in [4.69, 9.17) is 5.73 Å². The molecule has 5 heteroatoms. The first-order valence-electron chi connectivity index (χ1n) is 4.51. The van der Waals surface area contributed by atoms with Crippen molar-refractivity contribution < 1.29 is 13.2 Å². The van der Waals surface area contributed by atoms with Crippen LogP contribution in [0.1, 0.15) is 25.1 Å². The van der Waals surface area contributed by atoms with Gasteiger partial charge in [0.15, 0.2) is 0 Å². The minimum Gasteiger partial charge on any atom is -0.330 e. The summed E-state index contributed by atoms with van der Waals surface area (Å²) < 4.78 is 36.7. The number of alkyl halides is 3. The highest BCUT2D eigenvalue weighted by Gasteiger charge is 2.31. The largest absolute Gasteiger partial charge is 0.417 e. The molecular weight excluding hydrogens is 205 g/mol. The molecule has 0 unspecified atom stereocenters. The number of hydrogen-bond acceptors (Lipinski definition) is 2. The molecule has 84 valence electrons. The molecule has 0 radical (unpaired) electrons. The number of nitrogens with zero attached hydrogens (tertiary/aromatic N) is 1. The van der Waals surface area contributed by atoms with Gasteiger partial charge in [0, 0.05) is 23.9 Å². The molecule has 1 heterocycles. The van der Waals surface area contributed by atoms with Gasteiger partial charge in [-0.2, -0.15) is 13.2 Å². The first-order chi connectivity index (χ1) is 6.77. The average molecular weight is 218 g/mol. The predicted octanol–water partition coefficient (Wildman–Crippen LogP) is 2.34. The Morgan fingerprint density at radius 2 is 1.87 bits per heavy atom. The number of pyridine rings is 1. The van der Waals surface area contributed by atoms with Crippen LogP contribution in [0.25, 0.3) is 0 Å². The molecule has 0 saturated heterocycles. The van der Waals surface area contributed by atoms with Crippen LogP contribution in [-0.4, -0.2) is 11.5 Å². The molecule has 0 aromatic carbocycles. The van der Waals surface area contributed by atoms with E-state index in [2.05, 4.69) is 4.98 Å². The van der Waals surface area contributed by atoms with Crippen LogP contribution in [0.15, 0.2) is 18.3 Å². The second-order valence-electron chi connectivity index (χ2n) is 4.02. The molecule has 0 aliphatic carbocycles. The Morgan fingerprint density at radius 3 is 2.20 bits per heavy atom. The van der Waals surface area contributed by atoms with Crippen molar-refractivity contribution in [2.75, 3.05) is 6.54 Å². The van der Waals surface area contributed by atoms with E-state index in [0.29, 0.717) is 12.2 Å². The molecule has 0 fully saturated rings. The van der Waals surface area contributed by atoms with Crippen molar-refractivity contribution in [1.82, 2.24) is 4.98 Å². The highest BCUT2D eigenvalue weighted by molar-refractivity contribution is 5.21. The maximum Gasteiger partial charge on any atom is 0.417 e. The number of rotatable bonds is 2. The number of nitrogens with two attached hydrogens (primary N) is 1. The summed E-state index contributed by atoms with van der Waals surface area (Å²) in [7, 11) is 0. The lowest BCUT2D eigenvalue weighted by atomic mass is 9.89. The van der Waals surface area contributed by atoms with Crippen molar-refractivity contribution in [3.8, 4) is 0 Å². The second-order valence-corrected chi connectivity index (χ2v) is 4.02. The van der Waals surface area contributed by atoms with E-state index in [1.807, 2.05) is 13.8 Å². The molecule has 0 atom stereocenters. The third kappa shape index (κ3) is 2.68. The summed E-state index contributed by atoms with van der Waals surface area (Å²) in [5.74, 6) is 0. The molecule has 1 aromatic heterocycles. The number of aromatic nitrogens is 1. The van der Waals surface area contributed by atoms with Gasteiger partial charge in [0.25, 0.3) is 0 Å². The SMILES string of the molecule is CC(C)(CN)c1ccc(C(F)(F)F)cn1. The van der Waals surface area contributed by atoms with Gasteiger partial charge in [-0.15, -0.1) is 0 Å². The molecule has 0 saturated carbocycles. The molecule has 0 bridgehead atoms. The lowest BCUT2D eigenvalue weighted by molar-refractivity contribution is -0.137. The molecule has 1 rings (SSSR count). The highest BCUT2D eigenvalue weighted by Crippen LogP contribution is 2.29. The van der Waals surface area contributed by atoms with Crippen molar-refractivity contribution in [2.45, 2.75) is 25.4 Å². The van der Waals surface area contributed by atoms with Crippen LogP contribution in [0.2, 0.25) is 0 Å². The van der Waals surface area contributed by atoms with Gasteiger partial charge in [0.05, 0.1) is 5.56 Å². The summed E-state index contributed by atoms with van der Waals surface area (Å²) in [6, 6.07) is 2.40. The average Bonchev–Trinajstić information content (AvgIpc) is 2.17. The van der Waals surface area contributed by atoms with E-state index >= 15 is 0 Å². The first kappa shape index (κ1) is 12.0. The summed E-state index contributed by atoms with van der Waals surface area (Å²) in [5.41, 5.74) is 4.93. The summed E-state index contributed by atoms with van der Waals surface area (Å²) in [6.07, 6.45) is -3.49. The number of hydrogen-bond donors (Lipinski definition) is 1. The Kier molecular flexibility index (Phi) is 3.04. The van der Waals surface area contributed by atoms with Crippen LogP contribution < -0.4 is 5.73 Å². The second kappa shape index (κ2) is 3.81. The summed E-state index contributed by atoms with van der Waals surface area (Å²) in [4.78, 5) is 3.79. The molecule has 0 amide bonds. The van der Waals surface area contributed by atoms with Crippen molar-refractivity contribution >= 4 is 0 Å². The fraction of sp³-hybridized carbons (Fsp3) is 0.500. The van der Waals surface area contributed by atoms with Gasteiger partial charge in [-0.25, -0.2) is 0 Å². The molecule has 0 aliphatic heterocycles. The number of halogens is 3. The molecule has 15 heavy (non-hydrogen) atoms. The zero-order valence-electron chi connectivity index (χ0n) is 8.60. The van der Waals surface area contributed by atoms with Gasteiger partial charge in [0.2, 0.25) is 0 Å². The fourth-order valence-corrected chi connectivity index (χ4v) is 1.07. The molecule has 1 aromatic rings. The third-order valence-corrected chi connectivity index (χ3v) is 2.29. The molecule has 2 N–H and O–H groups in total. The van der Waals surface area contributed by atoms with Crippen molar-refractivity contribution in [3.05, 3.63) is 29.6 Å². The van der Waals surface area contributed by atoms with E-state index < -0.39 is 17.2 Å². The Morgan fingerprint density at radius 1 is 1.27 bits per heavy atom. The van der Waals surface area contributed by atoms with E-state index in [-0.39, 0.29) is 0 Å². The smallest absolute Gasteiger partial charge is 0.330 e. The van der Waals surface area contributed by atoms with Gasteiger partial charge in [-0.3, -0.25) is 4.98 Å². The minimum atomic E-state index is -4.33. The lowest BCUT2D eigenvalue weighted by Crippen LogP contribution is -2.29. The van der Waals surface area contributed by atoms with Gasteiger partial charge < -0.3 is 5.73 Å². The van der Waals surface area contributed by atoms with E-state index in [9.17, 15) is 13.2 Å². The Bertz CT molecular complexity index is 328. The third-order valence-electron chi connectivity index (χ3n) is 2.29. The highest BCUT2D eigenvalue weighted by atomic mass is 19.4. The van der Waals surface area contributed by atoms with Crippen LogP contribution in [0, 0.1) is 0 Å². The van der Waals surface area contributed by atoms with Crippen LogP contribution in [-0.2, 0) is 11.6 Å². The summed E-state index contributed by atoms with van der Waals surface area (Å²) in [5, 5.41) is 0. The fourth-order valence-electron chi connectivity index (χ4n) is 1.07. The minimum absolute atomic E-state index is 0.339. The van der Waals surface area contributed by atoms with Crippen LogP contribution in [0.5, 0.6) is 0 Å². The zero-order valence-corrected chi connectivity index (χ0v) is 8.60. The summed E-state index contributed by atoms with van der Waals surface area (Å²) in [6.45, 7) is 4.01. The van der Waals surface area contributed by atoms with Gasteiger partial charge in [-0.05, 0) is 12.1 Å². The van der Waals surface area contributed by atoms with Crippen molar-refractivity contribution in [2.24, 2.45) is 5.73 Å². The molecular formula is C10H13F3N2. The predicted molar refractivity (Wildman–Crippen MR) is 51.3 cm³/mol. The maximum atomic E-state index is 12.2. The van der Waals surface area contributed by atoms with Crippen LogP contribution in [0.4, 0.5) is 13.2 Å². The van der Waals surface area contributed by atoms with Crippen LogP contribution >= 0.6 is 0 Å². The van der Waals surface area contributed by atoms with Gasteiger partial charge in [-0.1, -0.05) is 13.8 Å². The Hall–Kier alpha value is -1.10. The summed E-state index contributed by atoms with van der Waals surface area (Å²) >= 11 is 0. The topological polar surface area (TPSA) is 38.9 Å². The first-order valence-corrected chi connectivity index (χ1v) is 4.51. The van der Waals surface area contributed by atoms with Gasteiger partial charge >= 0.3 is 6.18 Å². The standard InChI is InChI=1S/C10H13F3N2/c1-9(2,6-14)8-4-3-7(5-15-8)10(11,12)13/h3-5H,6,14H2,1-2H3. The Labute approximate surface area is 86.3 Å². The van der Waals surface area contributed by atoms with Crippen molar-refractivity contribution in [3.63, 3.8) is 0 Å². The van der Waals surface area contributed by atoms with E-state index in [1.165, 1.54) is 6.07 Å². The molecule has 2 nitrogen and oxygen atoms in total.